The molecule has 0 bridgehead atoms. The maximum atomic E-state index is 6.01. The molecule has 0 aromatic heterocycles. The van der Waals surface area contributed by atoms with Gasteiger partial charge in [-0.1, -0.05) is 46.8 Å². The molecule has 198 valence electrons. The molecule has 0 aliphatic rings. The molecule has 6 heteroatoms. The molecule has 0 spiro atoms. The molecule has 0 N–H and O–H groups in total. The largest absolute Gasteiger partial charge is 0.493 e. The van der Waals surface area contributed by atoms with Gasteiger partial charge in [0.25, 0.3) is 0 Å². The van der Waals surface area contributed by atoms with E-state index in [9.17, 15) is 0 Å². The van der Waals surface area contributed by atoms with Gasteiger partial charge < -0.3 is 28.7 Å². The van der Waals surface area contributed by atoms with Crippen LogP contribution >= 0.6 is 0 Å². The van der Waals surface area contributed by atoms with Gasteiger partial charge in [0.05, 0.1) is 13.2 Å². The second kappa shape index (κ2) is 16.3. The molecule has 35 heavy (non-hydrogen) atoms. The fourth-order valence-corrected chi connectivity index (χ4v) is 3.72. The Hall–Kier alpha value is -2.44. The van der Waals surface area contributed by atoms with Crippen molar-refractivity contribution in [1.82, 2.24) is 9.80 Å². The van der Waals surface area contributed by atoms with Crippen LogP contribution in [0.3, 0.4) is 0 Å². The molecule has 0 saturated heterocycles. The smallest absolute Gasteiger partial charge is 0.123 e. The van der Waals surface area contributed by atoms with Crippen molar-refractivity contribution in [3.63, 3.8) is 0 Å². The van der Waals surface area contributed by atoms with Crippen molar-refractivity contribution in [2.45, 2.75) is 34.6 Å². The predicted octanol–water partition coefficient (Wildman–Crippen LogP) is 5.71. The molecule has 6 nitrogen and oxygen atoms in total. The first-order valence-corrected chi connectivity index (χ1v) is 12.6. The maximum Gasteiger partial charge on any atom is 0.123 e. The quantitative estimate of drug-likeness (QED) is 0.299. The van der Waals surface area contributed by atoms with Crippen molar-refractivity contribution in [1.29, 1.82) is 0 Å². The highest BCUT2D eigenvalue weighted by Crippen LogP contribution is 2.24. The lowest BCUT2D eigenvalue weighted by atomic mass is 9.94. The summed E-state index contributed by atoms with van der Waals surface area (Å²) in [6.07, 6.45) is 0. The Kier molecular flexibility index (Phi) is 14.2. The van der Waals surface area contributed by atoms with E-state index in [-0.39, 0.29) is 5.41 Å². The molecular formula is C29H48N2O4. The predicted molar refractivity (Wildman–Crippen MR) is 146 cm³/mol. The third-order valence-corrected chi connectivity index (χ3v) is 4.82. The summed E-state index contributed by atoms with van der Waals surface area (Å²) in [5.41, 5.74) is 0.0663. The topological polar surface area (TPSA) is 43.4 Å². The first-order chi connectivity index (χ1) is 16.6. The molecule has 0 fully saturated rings. The van der Waals surface area contributed by atoms with E-state index in [0.717, 1.165) is 36.1 Å². The van der Waals surface area contributed by atoms with Gasteiger partial charge in [0.2, 0.25) is 0 Å². The normalized spacial score (nSPS) is 12.1. The van der Waals surface area contributed by atoms with Gasteiger partial charge in [-0.25, -0.2) is 0 Å². The average Bonchev–Trinajstić information content (AvgIpc) is 2.80. The third kappa shape index (κ3) is 13.9. The molecule has 0 radical (unpaired) electrons. The summed E-state index contributed by atoms with van der Waals surface area (Å²) in [6, 6.07) is 15.5. The lowest BCUT2D eigenvalue weighted by Gasteiger charge is -2.28. The van der Waals surface area contributed by atoms with E-state index in [1.165, 1.54) is 0 Å². The third-order valence-electron chi connectivity index (χ3n) is 4.82. The van der Waals surface area contributed by atoms with Crippen LogP contribution in [0.1, 0.15) is 34.6 Å². The molecule has 0 heterocycles. The summed E-state index contributed by atoms with van der Waals surface area (Å²) < 4.78 is 23.6. The first kappa shape index (κ1) is 30.6. The van der Waals surface area contributed by atoms with Crippen LogP contribution in [0.5, 0.6) is 23.0 Å². The number of nitrogens with zero attached hydrogens (tertiary/aromatic N) is 2. The highest BCUT2D eigenvalue weighted by molar-refractivity contribution is 5.34. The Labute approximate surface area is 214 Å². The molecule has 2 rings (SSSR count). The van der Waals surface area contributed by atoms with Crippen molar-refractivity contribution in [2.75, 3.05) is 67.7 Å². The second-order valence-electron chi connectivity index (χ2n) is 10.0. The number of rotatable bonds is 15. The van der Waals surface area contributed by atoms with Crippen LogP contribution in [-0.2, 0) is 0 Å². The standard InChI is InChI=1S/C27H42N2O4.C2H6/c1-22(18-28(4)5)19-32-25-12-8-10-23(16-25)30-14-15-31-24-11-9-13-26(17-24)33-21-27(2,3)20-29(6)7;1-2/h8-13,16-17,22H,14-15,18-21H2,1-7H3;1-2H3. The average molecular weight is 489 g/mol. The van der Waals surface area contributed by atoms with Crippen LogP contribution in [0.4, 0.5) is 0 Å². The lowest BCUT2D eigenvalue weighted by Crippen LogP contribution is -2.33. The van der Waals surface area contributed by atoms with Gasteiger partial charge in [0.15, 0.2) is 0 Å². The Morgan fingerprint density at radius 2 is 1.17 bits per heavy atom. The Balaban J connectivity index is 0.00000298. The van der Waals surface area contributed by atoms with Gasteiger partial charge in [-0.3, -0.25) is 0 Å². The van der Waals surface area contributed by atoms with Crippen LogP contribution in [0.15, 0.2) is 48.5 Å². The van der Waals surface area contributed by atoms with Crippen LogP contribution in [0, 0.1) is 11.3 Å². The van der Waals surface area contributed by atoms with Gasteiger partial charge in [0.1, 0.15) is 36.2 Å². The summed E-state index contributed by atoms with van der Waals surface area (Å²) >= 11 is 0. The zero-order valence-corrected chi connectivity index (χ0v) is 23.5. The fraction of sp³-hybridized carbons (Fsp3) is 0.586. The van der Waals surface area contributed by atoms with E-state index in [4.69, 9.17) is 18.9 Å². The van der Waals surface area contributed by atoms with Gasteiger partial charge in [-0.15, -0.1) is 0 Å². The first-order valence-electron chi connectivity index (χ1n) is 12.6. The summed E-state index contributed by atoms with van der Waals surface area (Å²) in [5.74, 6) is 3.64. The molecule has 0 amide bonds. The van der Waals surface area contributed by atoms with Crippen LogP contribution in [-0.4, -0.2) is 77.5 Å². The monoisotopic (exact) mass is 488 g/mol. The molecular weight excluding hydrogens is 440 g/mol. The minimum absolute atomic E-state index is 0.0663. The SMILES string of the molecule is CC.CC(COc1cccc(OCCOc2cccc(OCC(C)(C)CN(C)C)c2)c1)CN(C)C. The van der Waals surface area contributed by atoms with Crippen LogP contribution < -0.4 is 18.9 Å². The zero-order valence-electron chi connectivity index (χ0n) is 23.5. The zero-order chi connectivity index (χ0) is 26.3. The maximum absolute atomic E-state index is 6.01. The van der Waals surface area contributed by atoms with E-state index in [1.807, 2.05) is 62.4 Å². The van der Waals surface area contributed by atoms with E-state index < -0.39 is 0 Å². The minimum Gasteiger partial charge on any atom is -0.493 e. The van der Waals surface area contributed by atoms with E-state index in [2.05, 4.69) is 58.8 Å². The van der Waals surface area contributed by atoms with Crippen molar-refractivity contribution < 1.29 is 18.9 Å². The molecule has 0 aliphatic carbocycles. The summed E-state index contributed by atoms with van der Waals surface area (Å²) in [4.78, 5) is 4.35. The Bertz CT molecular complexity index is 824. The van der Waals surface area contributed by atoms with E-state index in [0.29, 0.717) is 32.3 Å². The fourth-order valence-electron chi connectivity index (χ4n) is 3.72. The van der Waals surface area contributed by atoms with Gasteiger partial charge in [0, 0.05) is 36.6 Å². The summed E-state index contributed by atoms with van der Waals surface area (Å²) in [7, 11) is 8.30. The number of hydrogen-bond donors (Lipinski definition) is 0. The second-order valence-corrected chi connectivity index (χ2v) is 10.0. The number of hydrogen-bond acceptors (Lipinski definition) is 6. The molecule has 1 unspecified atom stereocenters. The van der Waals surface area contributed by atoms with E-state index in [1.54, 1.807) is 0 Å². The van der Waals surface area contributed by atoms with Crippen LogP contribution in [0.25, 0.3) is 0 Å². The summed E-state index contributed by atoms with van der Waals surface area (Å²) in [5, 5.41) is 0. The summed E-state index contributed by atoms with van der Waals surface area (Å²) in [6.45, 7) is 14.8. The van der Waals surface area contributed by atoms with Gasteiger partial charge >= 0.3 is 0 Å². The highest BCUT2D eigenvalue weighted by Gasteiger charge is 2.20. The number of ether oxygens (including phenoxy) is 4. The Morgan fingerprint density at radius 1 is 0.714 bits per heavy atom. The molecule has 2 aromatic carbocycles. The van der Waals surface area contributed by atoms with Crippen molar-refractivity contribution >= 4 is 0 Å². The molecule has 2 aromatic rings. The Morgan fingerprint density at radius 3 is 1.63 bits per heavy atom. The van der Waals surface area contributed by atoms with Gasteiger partial charge in [-0.2, -0.15) is 0 Å². The van der Waals surface area contributed by atoms with Crippen molar-refractivity contribution in [3.05, 3.63) is 48.5 Å². The highest BCUT2D eigenvalue weighted by atomic mass is 16.5. The van der Waals surface area contributed by atoms with E-state index >= 15 is 0 Å². The van der Waals surface area contributed by atoms with Crippen LogP contribution in [0.2, 0.25) is 0 Å². The molecule has 0 aliphatic heterocycles. The molecule has 1 atom stereocenters. The van der Waals surface area contributed by atoms with Gasteiger partial charge in [-0.05, 0) is 52.5 Å². The van der Waals surface area contributed by atoms with Crippen molar-refractivity contribution in [3.8, 4) is 23.0 Å². The molecule has 0 saturated carbocycles. The van der Waals surface area contributed by atoms with Crippen molar-refractivity contribution in [2.24, 2.45) is 11.3 Å². The lowest BCUT2D eigenvalue weighted by molar-refractivity contribution is 0.141. The number of benzene rings is 2. The minimum atomic E-state index is 0.0663.